The van der Waals surface area contributed by atoms with E-state index in [9.17, 15) is 18.0 Å². The van der Waals surface area contributed by atoms with Crippen LogP contribution in [-0.2, 0) is 6.18 Å². The van der Waals surface area contributed by atoms with Gasteiger partial charge >= 0.3 is 6.18 Å². The number of carbonyl (C=O) groups is 1. The number of thiol groups is 1. The molecule has 0 bridgehead atoms. The molecule has 1 aromatic heterocycles. The molecule has 3 aromatic rings. The minimum Gasteiger partial charge on any atom is -0.349 e. The summed E-state index contributed by atoms with van der Waals surface area (Å²) in [5, 5.41) is 4.02. The van der Waals surface area contributed by atoms with Crippen molar-refractivity contribution in [1.82, 2.24) is 10.3 Å². The molecule has 0 radical (unpaired) electrons. The van der Waals surface area contributed by atoms with Gasteiger partial charge in [0.1, 0.15) is 5.69 Å². The quantitative estimate of drug-likeness (QED) is 0.432. The van der Waals surface area contributed by atoms with Crippen LogP contribution < -0.4 is 9.62 Å². The Kier molecular flexibility index (Phi) is 6.53. The van der Waals surface area contributed by atoms with Gasteiger partial charge in [-0.15, -0.1) is 0 Å². The van der Waals surface area contributed by atoms with E-state index in [0.29, 0.717) is 47.3 Å². The van der Waals surface area contributed by atoms with Crippen LogP contribution in [0.4, 0.5) is 18.9 Å². The second kappa shape index (κ2) is 9.19. The zero-order valence-electron chi connectivity index (χ0n) is 16.9. The van der Waals surface area contributed by atoms with Crippen LogP contribution >= 0.6 is 24.4 Å². The first-order valence-electron chi connectivity index (χ1n) is 10.2. The number of halogens is 4. The molecule has 32 heavy (non-hydrogen) atoms. The van der Waals surface area contributed by atoms with Crippen molar-refractivity contribution in [2.75, 3.05) is 4.31 Å². The van der Waals surface area contributed by atoms with Gasteiger partial charge in [0.15, 0.2) is 0 Å². The predicted molar refractivity (Wildman–Crippen MR) is 123 cm³/mol. The molecule has 0 spiro atoms. The first kappa shape index (κ1) is 22.7. The van der Waals surface area contributed by atoms with Gasteiger partial charge in [0.05, 0.1) is 21.8 Å². The molecule has 9 heteroatoms. The Morgan fingerprint density at radius 1 is 1.06 bits per heavy atom. The van der Waals surface area contributed by atoms with Crippen molar-refractivity contribution in [3.8, 4) is 0 Å². The Labute approximate surface area is 194 Å². The smallest absolute Gasteiger partial charge is 0.349 e. The van der Waals surface area contributed by atoms with Gasteiger partial charge in [-0.3, -0.25) is 4.79 Å². The molecule has 1 aliphatic carbocycles. The number of hydrogen-bond acceptors (Lipinski definition) is 4. The third-order valence-corrected chi connectivity index (χ3v) is 6.60. The Bertz CT molecular complexity index is 1130. The van der Waals surface area contributed by atoms with E-state index in [1.807, 2.05) is 0 Å². The number of amides is 1. The first-order valence-corrected chi connectivity index (χ1v) is 11.0. The van der Waals surface area contributed by atoms with Crippen LogP contribution in [0.1, 0.15) is 41.7 Å². The summed E-state index contributed by atoms with van der Waals surface area (Å²) >= 11 is 10.7. The average Bonchev–Trinajstić information content (AvgIpc) is 2.78. The molecule has 1 heterocycles. The van der Waals surface area contributed by atoms with Crippen molar-refractivity contribution in [2.24, 2.45) is 0 Å². The van der Waals surface area contributed by atoms with Crippen molar-refractivity contribution in [3.05, 3.63) is 70.9 Å². The number of benzene rings is 2. The van der Waals surface area contributed by atoms with Gasteiger partial charge in [0.25, 0.3) is 5.91 Å². The van der Waals surface area contributed by atoms with E-state index in [4.69, 9.17) is 11.6 Å². The SMILES string of the molecule is O=C(NC1CCC(N(S)c2cc(C(F)(F)F)nc3ccccc23)CC1)c1ccccc1Cl. The Morgan fingerprint density at radius 3 is 2.41 bits per heavy atom. The maximum absolute atomic E-state index is 13.4. The van der Waals surface area contributed by atoms with Crippen LogP contribution in [0.2, 0.25) is 5.02 Å². The fourth-order valence-corrected chi connectivity index (χ4v) is 4.68. The second-order valence-corrected chi connectivity index (χ2v) is 8.68. The zero-order chi connectivity index (χ0) is 22.9. The van der Waals surface area contributed by atoms with Gasteiger partial charge in [-0.1, -0.05) is 54.7 Å². The predicted octanol–water partition coefficient (Wildman–Crippen LogP) is 6.30. The van der Waals surface area contributed by atoms with Crippen LogP contribution in [0.15, 0.2) is 54.6 Å². The third-order valence-electron chi connectivity index (χ3n) is 5.73. The topological polar surface area (TPSA) is 45.2 Å². The maximum Gasteiger partial charge on any atom is 0.433 e. The highest BCUT2D eigenvalue weighted by Crippen LogP contribution is 2.38. The normalized spacial score (nSPS) is 19.0. The summed E-state index contributed by atoms with van der Waals surface area (Å²) in [6.45, 7) is 0. The highest BCUT2D eigenvalue weighted by molar-refractivity contribution is 7.81. The summed E-state index contributed by atoms with van der Waals surface area (Å²) in [6, 6.07) is 14.6. The van der Waals surface area contributed by atoms with Gasteiger partial charge in [0, 0.05) is 17.5 Å². The molecular formula is C23H21ClF3N3OS. The summed E-state index contributed by atoms with van der Waals surface area (Å²) < 4.78 is 41.8. The minimum absolute atomic E-state index is 0.0309. The molecule has 2 aromatic carbocycles. The molecule has 1 saturated carbocycles. The molecule has 0 saturated heterocycles. The number of nitrogens with zero attached hydrogens (tertiary/aromatic N) is 2. The van der Waals surface area contributed by atoms with E-state index in [0.717, 1.165) is 6.07 Å². The molecule has 1 aliphatic rings. The molecule has 1 fully saturated rings. The lowest BCUT2D eigenvalue weighted by atomic mass is 9.90. The summed E-state index contributed by atoms with van der Waals surface area (Å²) in [4.78, 5) is 16.3. The summed E-state index contributed by atoms with van der Waals surface area (Å²) in [6.07, 6.45) is -1.82. The first-order chi connectivity index (χ1) is 15.2. The lowest BCUT2D eigenvalue weighted by molar-refractivity contribution is -0.140. The fourth-order valence-electron chi connectivity index (χ4n) is 4.06. The molecule has 4 rings (SSSR count). The van der Waals surface area contributed by atoms with Gasteiger partial charge in [0.2, 0.25) is 0 Å². The number of nitrogens with one attached hydrogen (secondary N) is 1. The van der Waals surface area contributed by atoms with E-state index in [-0.39, 0.29) is 23.5 Å². The van der Waals surface area contributed by atoms with Crippen LogP contribution in [0.3, 0.4) is 0 Å². The van der Waals surface area contributed by atoms with Crippen LogP contribution in [0.5, 0.6) is 0 Å². The summed E-state index contributed by atoms with van der Waals surface area (Å²) in [5.41, 5.74) is 0.146. The molecule has 168 valence electrons. The number of alkyl halides is 3. The van der Waals surface area contributed by atoms with E-state index in [2.05, 4.69) is 23.1 Å². The summed E-state index contributed by atoms with van der Waals surface area (Å²) in [7, 11) is 0. The standard InChI is InChI=1S/C23H21ClF3N3OS/c24-18-7-3-1-5-16(18)22(31)28-14-9-11-15(12-10-14)30(32)20-13-21(23(25,26)27)29-19-8-4-2-6-17(19)20/h1-8,13-15,32H,9-12H2,(H,28,31). The zero-order valence-corrected chi connectivity index (χ0v) is 18.6. The monoisotopic (exact) mass is 479 g/mol. The molecule has 0 aliphatic heterocycles. The highest BCUT2D eigenvalue weighted by atomic mass is 35.5. The Hall–Kier alpha value is -2.45. The Balaban J connectivity index is 1.48. The number of aromatic nitrogens is 1. The number of hydrogen-bond donors (Lipinski definition) is 2. The van der Waals surface area contributed by atoms with Crippen molar-refractivity contribution < 1.29 is 18.0 Å². The van der Waals surface area contributed by atoms with Gasteiger partial charge in [-0.2, -0.15) is 13.2 Å². The number of pyridine rings is 1. The van der Waals surface area contributed by atoms with Crippen LogP contribution in [0, 0.1) is 0 Å². The number of rotatable bonds is 4. The summed E-state index contributed by atoms with van der Waals surface area (Å²) in [5.74, 6) is -0.225. The third kappa shape index (κ3) is 4.81. The average molecular weight is 480 g/mol. The van der Waals surface area contributed by atoms with E-state index < -0.39 is 11.9 Å². The van der Waals surface area contributed by atoms with E-state index in [1.54, 1.807) is 52.8 Å². The van der Waals surface area contributed by atoms with Crippen LogP contribution in [0.25, 0.3) is 10.9 Å². The van der Waals surface area contributed by atoms with Gasteiger partial charge < -0.3 is 9.62 Å². The van der Waals surface area contributed by atoms with Crippen molar-refractivity contribution in [2.45, 2.75) is 43.9 Å². The Morgan fingerprint density at radius 2 is 1.72 bits per heavy atom. The highest BCUT2D eigenvalue weighted by Gasteiger charge is 2.35. The number of anilines is 1. The van der Waals surface area contributed by atoms with Crippen molar-refractivity contribution in [1.29, 1.82) is 0 Å². The lowest BCUT2D eigenvalue weighted by Crippen LogP contribution is -2.41. The lowest BCUT2D eigenvalue weighted by Gasteiger charge is -2.35. The molecule has 1 amide bonds. The largest absolute Gasteiger partial charge is 0.433 e. The van der Waals surface area contributed by atoms with E-state index in [1.165, 1.54) is 0 Å². The molecule has 0 atom stereocenters. The minimum atomic E-state index is -4.55. The molecule has 1 N–H and O–H groups in total. The molecular weight excluding hydrogens is 459 g/mol. The number of para-hydroxylation sites is 1. The van der Waals surface area contributed by atoms with Gasteiger partial charge in [-0.05, 0) is 49.9 Å². The second-order valence-electron chi connectivity index (χ2n) is 7.84. The van der Waals surface area contributed by atoms with Crippen molar-refractivity contribution >= 4 is 46.9 Å². The van der Waals surface area contributed by atoms with Gasteiger partial charge in [-0.25, -0.2) is 4.98 Å². The number of fused-ring (bicyclic) bond motifs is 1. The van der Waals surface area contributed by atoms with Crippen molar-refractivity contribution in [3.63, 3.8) is 0 Å². The molecule has 4 nitrogen and oxygen atoms in total. The van der Waals surface area contributed by atoms with Crippen LogP contribution in [-0.4, -0.2) is 23.0 Å². The fraction of sp³-hybridized carbons (Fsp3) is 0.304. The van der Waals surface area contributed by atoms with E-state index >= 15 is 0 Å². The maximum atomic E-state index is 13.4. The molecule has 0 unspecified atom stereocenters. The number of carbonyl (C=O) groups excluding carboxylic acids is 1.